The predicted molar refractivity (Wildman–Crippen MR) is 100 cm³/mol. The highest BCUT2D eigenvalue weighted by Gasteiger charge is 2.33. The van der Waals surface area contributed by atoms with E-state index in [1.807, 2.05) is 29.6 Å². The first-order valence-corrected chi connectivity index (χ1v) is 9.69. The third-order valence-corrected chi connectivity index (χ3v) is 5.24. The van der Waals surface area contributed by atoms with Gasteiger partial charge >= 0.3 is 0 Å². The number of ether oxygens (including phenoxy) is 1. The standard InChI is InChI=1S/C19H23N3O3S/c1-25-17-7-3-2-5-14(17)8-9-18(23)22-10-4-6-16(22)19(24)20-11-15-12-26-13-21-15/h2-3,5,7,12-13,16H,4,6,8-11H2,1H3,(H,20,24). The van der Waals surface area contributed by atoms with E-state index in [0.29, 0.717) is 32.4 Å². The van der Waals surface area contributed by atoms with Gasteiger partial charge in [0, 0.05) is 18.3 Å². The summed E-state index contributed by atoms with van der Waals surface area (Å²) in [6, 6.07) is 7.33. The average Bonchev–Trinajstić information content (AvgIpc) is 3.36. The van der Waals surface area contributed by atoms with Crippen LogP contribution in [0.1, 0.15) is 30.5 Å². The Balaban J connectivity index is 1.55. The lowest BCUT2D eigenvalue weighted by atomic mass is 10.1. The summed E-state index contributed by atoms with van der Waals surface area (Å²) < 4.78 is 5.34. The molecule has 0 saturated carbocycles. The number of carbonyl (C=O) groups excluding carboxylic acids is 2. The smallest absolute Gasteiger partial charge is 0.243 e. The van der Waals surface area contributed by atoms with Crippen LogP contribution >= 0.6 is 11.3 Å². The number of aromatic nitrogens is 1. The van der Waals surface area contributed by atoms with Crippen LogP contribution in [-0.2, 0) is 22.6 Å². The van der Waals surface area contributed by atoms with Gasteiger partial charge < -0.3 is 15.0 Å². The van der Waals surface area contributed by atoms with Crippen molar-refractivity contribution >= 4 is 23.2 Å². The number of thiazole rings is 1. The van der Waals surface area contributed by atoms with Crippen LogP contribution in [-0.4, -0.2) is 41.4 Å². The van der Waals surface area contributed by atoms with Gasteiger partial charge in [0.1, 0.15) is 11.8 Å². The van der Waals surface area contributed by atoms with E-state index < -0.39 is 0 Å². The van der Waals surface area contributed by atoms with Crippen LogP contribution in [0.15, 0.2) is 35.2 Å². The molecule has 0 radical (unpaired) electrons. The fraction of sp³-hybridized carbons (Fsp3) is 0.421. The summed E-state index contributed by atoms with van der Waals surface area (Å²) in [7, 11) is 1.63. The number of rotatable bonds is 7. The lowest BCUT2D eigenvalue weighted by molar-refractivity contribution is -0.138. The maximum Gasteiger partial charge on any atom is 0.243 e. The molecule has 1 aromatic carbocycles. The first-order chi connectivity index (χ1) is 12.7. The van der Waals surface area contributed by atoms with E-state index >= 15 is 0 Å². The fourth-order valence-corrected chi connectivity index (χ4v) is 3.81. The summed E-state index contributed by atoms with van der Waals surface area (Å²) in [5, 5.41) is 4.80. The van der Waals surface area contributed by atoms with Gasteiger partial charge in [-0.3, -0.25) is 9.59 Å². The summed E-state index contributed by atoms with van der Waals surface area (Å²) in [5.41, 5.74) is 3.59. The summed E-state index contributed by atoms with van der Waals surface area (Å²) in [6.07, 6.45) is 2.54. The zero-order chi connectivity index (χ0) is 18.4. The molecule has 1 unspecified atom stereocenters. The number of hydrogen-bond acceptors (Lipinski definition) is 5. The highest BCUT2D eigenvalue weighted by atomic mass is 32.1. The topological polar surface area (TPSA) is 71.5 Å². The molecular weight excluding hydrogens is 350 g/mol. The number of nitrogens with one attached hydrogen (secondary N) is 1. The molecule has 1 aliphatic rings. The van der Waals surface area contributed by atoms with Crippen LogP contribution in [0, 0.1) is 0 Å². The van der Waals surface area contributed by atoms with Crippen LogP contribution < -0.4 is 10.1 Å². The third kappa shape index (κ3) is 4.40. The van der Waals surface area contributed by atoms with Gasteiger partial charge in [0.2, 0.25) is 11.8 Å². The van der Waals surface area contributed by atoms with Gasteiger partial charge in [0.25, 0.3) is 0 Å². The van der Waals surface area contributed by atoms with Gasteiger partial charge in [0.05, 0.1) is 24.9 Å². The number of amides is 2. The van der Waals surface area contributed by atoms with Gasteiger partial charge in [-0.1, -0.05) is 18.2 Å². The summed E-state index contributed by atoms with van der Waals surface area (Å²) in [6.45, 7) is 1.04. The van der Waals surface area contributed by atoms with Crippen LogP contribution in [0.25, 0.3) is 0 Å². The Bertz CT molecular complexity index is 748. The molecule has 1 saturated heterocycles. The minimum atomic E-state index is -0.376. The van der Waals surface area contributed by atoms with Gasteiger partial charge in [-0.05, 0) is 30.9 Å². The molecule has 2 heterocycles. The molecule has 138 valence electrons. The Morgan fingerprint density at radius 2 is 2.23 bits per heavy atom. The fourth-order valence-electron chi connectivity index (χ4n) is 3.25. The maximum atomic E-state index is 12.7. The monoisotopic (exact) mass is 373 g/mol. The molecule has 2 aromatic rings. The van der Waals surface area contributed by atoms with Crippen molar-refractivity contribution in [3.05, 3.63) is 46.4 Å². The van der Waals surface area contributed by atoms with Crippen LogP contribution in [0.2, 0.25) is 0 Å². The molecule has 3 rings (SSSR count). The quantitative estimate of drug-likeness (QED) is 0.809. The van der Waals surface area contributed by atoms with E-state index in [1.165, 1.54) is 11.3 Å². The molecule has 0 spiro atoms. The first kappa shape index (κ1) is 18.4. The molecule has 1 aromatic heterocycles. The molecule has 2 amide bonds. The van der Waals surface area contributed by atoms with Gasteiger partial charge in [-0.25, -0.2) is 4.98 Å². The number of likely N-dealkylation sites (tertiary alicyclic amines) is 1. The van der Waals surface area contributed by atoms with Crippen molar-refractivity contribution in [3.8, 4) is 5.75 Å². The molecule has 26 heavy (non-hydrogen) atoms. The van der Waals surface area contributed by atoms with Crippen LogP contribution in [0.3, 0.4) is 0 Å². The molecule has 1 N–H and O–H groups in total. The number of carbonyl (C=O) groups is 2. The maximum absolute atomic E-state index is 12.7. The number of para-hydroxylation sites is 1. The van der Waals surface area contributed by atoms with Crippen molar-refractivity contribution in [2.75, 3.05) is 13.7 Å². The Morgan fingerprint density at radius 1 is 1.38 bits per heavy atom. The molecular formula is C19H23N3O3S. The van der Waals surface area contributed by atoms with E-state index in [2.05, 4.69) is 10.3 Å². The van der Waals surface area contributed by atoms with Crippen molar-refractivity contribution in [2.45, 2.75) is 38.3 Å². The molecule has 6 nitrogen and oxygen atoms in total. The minimum Gasteiger partial charge on any atom is -0.496 e. The summed E-state index contributed by atoms with van der Waals surface area (Å²) >= 11 is 1.50. The molecule has 0 aliphatic carbocycles. The van der Waals surface area contributed by atoms with Crippen LogP contribution in [0.5, 0.6) is 5.75 Å². The average molecular weight is 373 g/mol. The summed E-state index contributed by atoms with van der Waals surface area (Å²) in [4.78, 5) is 31.0. The second-order valence-corrected chi connectivity index (χ2v) is 6.97. The van der Waals surface area contributed by atoms with Crippen molar-refractivity contribution in [1.29, 1.82) is 0 Å². The van der Waals surface area contributed by atoms with Crippen molar-refractivity contribution in [3.63, 3.8) is 0 Å². The molecule has 0 bridgehead atoms. The van der Waals surface area contributed by atoms with E-state index in [1.54, 1.807) is 17.5 Å². The highest BCUT2D eigenvalue weighted by molar-refractivity contribution is 7.07. The number of benzene rings is 1. The molecule has 1 aliphatic heterocycles. The van der Waals surface area contributed by atoms with E-state index in [-0.39, 0.29) is 17.9 Å². The minimum absolute atomic E-state index is 0.0159. The van der Waals surface area contributed by atoms with Crippen LogP contribution in [0.4, 0.5) is 0 Å². The Morgan fingerprint density at radius 3 is 3.00 bits per heavy atom. The largest absolute Gasteiger partial charge is 0.496 e. The third-order valence-electron chi connectivity index (χ3n) is 4.60. The molecule has 1 atom stereocenters. The number of aryl methyl sites for hydroxylation is 1. The Labute approximate surface area is 157 Å². The van der Waals surface area contributed by atoms with E-state index in [9.17, 15) is 9.59 Å². The number of nitrogens with zero attached hydrogens (tertiary/aromatic N) is 2. The SMILES string of the molecule is COc1ccccc1CCC(=O)N1CCCC1C(=O)NCc1cscn1. The normalized spacial score (nSPS) is 16.5. The lowest BCUT2D eigenvalue weighted by Crippen LogP contribution is -2.45. The highest BCUT2D eigenvalue weighted by Crippen LogP contribution is 2.22. The molecule has 1 fully saturated rings. The predicted octanol–water partition coefficient (Wildman–Crippen LogP) is 2.39. The Hall–Kier alpha value is -2.41. The zero-order valence-corrected chi connectivity index (χ0v) is 15.6. The van der Waals surface area contributed by atoms with E-state index in [0.717, 1.165) is 23.4 Å². The Kier molecular flexibility index (Phi) is 6.22. The second-order valence-electron chi connectivity index (χ2n) is 6.25. The lowest BCUT2D eigenvalue weighted by Gasteiger charge is -2.24. The number of methoxy groups -OCH3 is 1. The van der Waals surface area contributed by atoms with Crippen molar-refractivity contribution in [1.82, 2.24) is 15.2 Å². The van der Waals surface area contributed by atoms with E-state index in [4.69, 9.17) is 4.74 Å². The number of hydrogen-bond donors (Lipinski definition) is 1. The van der Waals surface area contributed by atoms with Gasteiger partial charge in [-0.2, -0.15) is 0 Å². The van der Waals surface area contributed by atoms with Crippen molar-refractivity contribution in [2.24, 2.45) is 0 Å². The molecule has 7 heteroatoms. The zero-order valence-electron chi connectivity index (χ0n) is 14.8. The van der Waals surface area contributed by atoms with Crippen molar-refractivity contribution < 1.29 is 14.3 Å². The first-order valence-electron chi connectivity index (χ1n) is 8.75. The summed E-state index contributed by atoms with van der Waals surface area (Å²) in [5.74, 6) is 0.711. The van der Waals surface area contributed by atoms with Gasteiger partial charge in [0.15, 0.2) is 0 Å². The van der Waals surface area contributed by atoms with Gasteiger partial charge in [-0.15, -0.1) is 11.3 Å². The second kappa shape index (κ2) is 8.80.